The second-order valence-corrected chi connectivity index (χ2v) is 10.4. The number of carbonyl (C=O) groups is 1. The van der Waals surface area contributed by atoms with Crippen LogP contribution in [-0.2, 0) is 6.42 Å². The van der Waals surface area contributed by atoms with E-state index in [1.54, 1.807) is 18.2 Å². The predicted octanol–water partition coefficient (Wildman–Crippen LogP) is 7.42. The van der Waals surface area contributed by atoms with Crippen LogP contribution in [0.2, 0.25) is 5.02 Å². The van der Waals surface area contributed by atoms with E-state index in [4.69, 9.17) is 16.3 Å². The molecule has 1 N–H and O–H groups in total. The highest BCUT2D eigenvalue weighted by atomic mass is 35.5. The number of hydrogen-bond acceptors (Lipinski definition) is 3. The van der Waals surface area contributed by atoms with Crippen LogP contribution in [0.4, 0.5) is 13.2 Å². The Morgan fingerprint density at radius 1 is 1.05 bits per heavy atom. The van der Waals surface area contributed by atoms with Crippen LogP contribution in [-0.4, -0.2) is 48.4 Å². The Morgan fingerprint density at radius 3 is 2.54 bits per heavy atom. The lowest BCUT2D eigenvalue weighted by Gasteiger charge is -2.19. The van der Waals surface area contributed by atoms with Crippen LogP contribution < -0.4 is 4.74 Å². The summed E-state index contributed by atoms with van der Waals surface area (Å²) in [6, 6.07) is 14.8. The number of rotatable bonds is 8. The van der Waals surface area contributed by atoms with E-state index in [0.717, 1.165) is 25.1 Å². The normalized spacial score (nSPS) is 17.7. The van der Waals surface area contributed by atoms with Gasteiger partial charge in [-0.25, -0.2) is 13.6 Å². The van der Waals surface area contributed by atoms with Gasteiger partial charge in [-0.1, -0.05) is 35.9 Å². The second-order valence-electron chi connectivity index (χ2n) is 9.99. The van der Waals surface area contributed by atoms with E-state index in [9.17, 15) is 14.3 Å². The molecule has 5 rings (SSSR count). The molecule has 0 saturated carbocycles. The predicted molar refractivity (Wildman–Crippen MR) is 146 cm³/mol. The molecule has 1 aliphatic carbocycles. The smallest absolute Gasteiger partial charge is 0.338 e. The topological polar surface area (TPSA) is 49.8 Å². The molecule has 1 aliphatic heterocycles. The Morgan fingerprint density at radius 2 is 1.82 bits per heavy atom. The highest BCUT2D eigenvalue weighted by Gasteiger charge is 2.27. The molecule has 2 aliphatic rings. The summed E-state index contributed by atoms with van der Waals surface area (Å²) in [6.45, 7) is 2.00. The van der Waals surface area contributed by atoms with Crippen LogP contribution in [0.15, 0.2) is 54.6 Å². The Balaban J connectivity index is 1.54. The van der Waals surface area contributed by atoms with Crippen molar-refractivity contribution in [1.82, 2.24) is 4.90 Å². The summed E-state index contributed by atoms with van der Waals surface area (Å²) in [7, 11) is 0. The Kier molecular flexibility index (Phi) is 8.29. The highest BCUT2D eigenvalue weighted by Crippen LogP contribution is 2.42. The highest BCUT2D eigenvalue weighted by molar-refractivity contribution is 6.30. The molecule has 4 nitrogen and oxygen atoms in total. The first-order valence-electron chi connectivity index (χ1n) is 13.1. The van der Waals surface area contributed by atoms with E-state index in [1.807, 2.05) is 24.3 Å². The zero-order chi connectivity index (χ0) is 27.5. The number of hydrogen-bond donors (Lipinski definition) is 1. The van der Waals surface area contributed by atoms with Crippen LogP contribution in [0.25, 0.3) is 11.1 Å². The van der Waals surface area contributed by atoms with Gasteiger partial charge in [0.25, 0.3) is 0 Å². The van der Waals surface area contributed by atoms with Crippen molar-refractivity contribution in [3.05, 3.63) is 99.1 Å². The molecule has 0 spiro atoms. The Labute approximate surface area is 230 Å². The number of aromatic carboxylic acids is 1. The minimum Gasteiger partial charge on any atom is -0.489 e. The van der Waals surface area contributed by atoms with E-state index in [-0.39, 0.29) is 23.4 Å². The van der Waals surface area contributed by atoms with E-state index in [2.05, 4.69) is 4.90 Å². The van der Waals surface area contributed by atoms with Crippen LogP contribution in [0.1, 0.15) is 58.3 Å². The minimum absolute atomic E-state index is 0.00976. The number of carboxylic acid groups (broad SMARTS) is 1. The average Bonchev–Trinajstić information content (AvgIpc) is 3.26. The Hall–Kier alpha value is -3.29. The van der Waals surface area contributed by atoms with Crippen molar-refractivity contribution >= 4 is 28.7 Å². The number of nitrogens with zero attached hydrogens (tertiary/aromatic N) is 1. The van der Waals surface area contributed by atoms with Crippen LogP contribution in [0.5, 0.6) is 5.75 Å². The fourth-order valence-electron chi connectivity index (χ4n) is 5.60. The van der Waals surface area contributed by atoms with Gasteiger partial charge in [-0.3, -0.25) is 9.29 Å². The zero-order valence-electron chi connectivity index (χ0n) is 21.4. The molecule has 39 heavy (non-hydrogen) atoms. The molecule has 3 aromatic rings. The van der Waals surface area contributed by atoms with E-state index >= 15 is 8.78 Å². The standard InChI is InChI=1S/C31H29ClF3NO3/c32-20-7-10-23(28(34)17-20)24-3-1-4-26-25(11-12-27(30(26)35)31(37)38)29(24)19-5-8-21(9-6-19)39-22-13-16-36(18-22)15-2-14-33/h5-12,17,22H,1-4,13-16,18H2,(H,37,38)/t22-/m0/s1. The lowest BCUT2D eigenvalue weighted by Crippen LogP contribution is -2.26. The molecule has 0 bridgehead atoms. The lowest BCUT2D eigenvalue weighted by atomic mass is 9.87. The molecule has 204 valence electrons. The van der Waals surface area contributed by atoms with Crippen molar-refractivity contribution in [2.45, 2.75) is 38.2 Å². The summed E-state index contributed by atoms with van der Waals surface area (Å²) in [6.07, 6.45) is 2.71. The molecule has 1 atom stereocenters. The van der Waals surface area contributed by atoms with Crippen molar-refractivity contribution in [2.75, 3.05) is 26.3 Å². The lowest BCUT2D eigenvalue weighted by molar-refractivity contribution is 0.0691. The van der Waals surface area contributed by atoms with Gasteiger partial charge in [-0.05, 0) is 90.3 Å². The van der Waals surface area contributed by atoms with Crippen LogP contribution >= 0.6 is 11.6 Å². The number of fused-ring (bicyclic) bond motifs is 1. The third kappa shape index (κ3) is 5.85. The van der Waals surface area contributed by atoms with Crippen LogP contribution in [0.3, 0.4) is 0 Å². The van der Waals surface area contributed by atoms with E-state index < -0.39 is 17.6 Å². The van der Waals surface area contributed by atoms with Crippen molar-refractivity contribution in [2.24, 2.45) is 0 Å². The molecule has 0 radical (unpaired) electrons. The van der Waals surface area contributed by atoms with Gasteiger partial charge in [0.15, 0.2) is 0 Å². The fourth-order valence-corrected chi connectivity index (χ4v) is 5.76. The number of alkyl halides is 1. The molecule has 1 saturated heterocycles. The number of allylic oxidation sites excluding steroid dienone is 1. The van der Waals surface area contributed by atoms with Gasteiger partial charge in [0.05, 0.1) is 12.2 Å². The minimum atomic E-state index is -1.33. The van der Waals surface area contributed by atoms with Crippen molar-refractivity contribution in [1.29, 1.82) is 0 Å². The molecule has 8 heteroatoms. The molecule has 3 aromatic carbocycles. The fraction of sp³-hybridized carbons (Fsp3) is 0.323. The summed E-state index contributed by atoms with van der Waals surface area (Å²) in [5, 5.41) is 9.75. The first-order chi connectivity index (χ1) is 18.9. The SMILES string of the molecule is O=C(O)c1ccc2c(c1F)CCCC(c1ccc(Cl)cc1F)=C2c1ccc(O[C@H]2CCN(CCCF)C2)cc1. The maximum Gasteiger partial charge on any atom is 0.338 e. The average molecular weight is 556 g/mol. The van der Waals surface area contributed by atoms with Gasteiger partial charge in [0.1, 0.15) is 23.5 Å². The Bertz CT molecular complexity index is 1410. The van der Waals surface area contributed by atoms with Crippen molar-refractivity contribution in [3.8, 4) is 5.75 Å². The molecular formula is C31H29ClF3NO3. The number of likely N-dealkylation sites (tertiary alicyclic amines) is 1. The first-order valence-corrected chi connectivity index (χ1v) is 13.5. The van der Waals surface area contributed by atoms with Gasteiger partial charge < -0.3 is 9.84 Å². The summed E-state index contributed by atoms with van der Waals surface area (Å²) in [5.74, 6) is -1.88. The molecule has 0 aromatic heterocycles. The van der Waals surface area contributed by atoms with Crippen molar-refractivity contribution < 1.29 is 27.8 Å². The molecular weight excluding hydrogens is 527 g/mol. The largest absolute Gasteiger partial charge is 0.489 e. The van der Waals surface area contributed by atoms with E-state index in [0.29, 0.717) is 65.8 Å². The van der Waals surface area contributed by atoms with Crippen molar-refractivity contribution in [3.63, 3.8) is 0 Å². The summed E-state index contributed by atoms with van der Waals surface area (Å²) >= 11 is 6.02. The monoisotopic (exact) mass is 555 g/mol. The van der Waals surface area contributed by atoms with Gasteiger partial charge >= 0.3 is 5.97 Å². The number of benzene rings is 3. The van der Waals surface area contributed by atoms with Gasteiger partial charge in [0, 0.05) is 30.2 Å². The second kappa shape index (κ2) is 11.8. The number of halogens is 4. The summed E-state index contributed by atoms with van der Waals surface area (Å²) in [5.41, 5.74) is 2.97. The number of carboxylic acids is 1. The third-order valence-electron chi connectivity index (χ3n) is 7.44. The maximum absolute atomic E-state index is 15.4. The van der Waals surface area contributed by atoms with E-state index in [1.165, 1.54) is 12.1 Å². The zero-order valence-corrected chi connectivity index (χ0v) is 22.1. The molecule has 1 heterocycles. The van der Waals surface area contributed by atoms with Gasteiger partial charge in [-0.15, -0.1) is 0 Å². The van der Waals surface area contributed by atoms with Gasteiger partial charge in [0.2, 0.25) is 0 Å². The van der Waals surface area contributed by atoms with Crippen LogP contribution in [0, 0.1) is 11.6 Å². The summed E-state index contributed by atoms with van der Waals surface area (Å²) in [4.78, 5) is 13.8. The molecule has 0 unspecified atom stereocenters. The number of ether oxygens (including phenoxy) is 1. The third-order valence-corrected chi connectivity index (χ3v) is 7.67. The van der Waals surface area contributed by atoms with Gasteiger partial charge in [-0.2, -0.15) is 0 Å². The molecule has 1 fully saturated rings. The molecule has 0 amide bonds. The quantitative estimate of drug-likeness (QED) is 0.314. The summed E-state index contributed by atoms with van der Waals surface area (Å²) < 4.78 is 49.3. The first kappa shape index (κ1) is 27.3. The maximum atomic E-state index is 15.4.